The van der Waals surface area contributed by atoms with Crippen LogP contribution in [0.4, 0.5) is 4.79 Å². The van der Waals surface area contributed by atoms with Gasteiger partial charge in [-0.05, 0) is 17.7 Å². The molecule has 0 bridgehead atoms. The van der Waals surface area contributed by atoms with Gasteiger partial charge in [0.2, 0.25) is 0 Å². The van der Waals surface area contributed by atoms with Gasteiger partial charge >= 0.3 is 6.03 Å². The molecule has 0 saturated carbocycles. The van der Waals surface area contributed by atoms with Crippen molar-refractivity contribution in [3.8, 4) is 0 Å². The first-order valence-electron chi connectivity index (χ1n) is 5.01. The first-order chi connectivity index (χ1) is 7.72. The number of nitrogens with one attached hydrogen (secondary N) is 1. The number of halogens is 1. The maximum atomic E-state index is 11.5. The van der Waals surface area contributed by atoms with Gasteiger partial charge < -0.3 is 5.32 Å². The third kappa shape index (κ3) is 2.02. The lowest BCUT2D eigenvalue weighted by Gasteiger charge is -2.21. The SMILES string of the molecule is CNC(=O)N1N=CCC1c1ccc(Cl)cc1. The van der Waals surface area contributed by atoms with Gasteiger partial charge in [0.15, 0.2) is 0 Å². The maximum Gasteiger partial charge on any atom is 0.338 e. The Morgan fingerprint density at radius 1 is 1.50 bits per heavy atom. The molecule has 0 radical (unpaired) electrons. The molecule has 1 aromatic carbocycles. The Labute approximate surface area is 98.9 Å². The van der Waals surface area contributed by atoms with Crippen LogP contribution in [0, 0.1) is 0 Å². The fourth-order valence-corrected chi connectivity index (χ4v) is 1.81. The van der Waals surface area contributed by atoms with Crippen LogP contribution < -0.4 is 5.32 Å². The molecule has 2 amide bonds. The van der Waals surface area contributed by atoms with Crippen molar-refractivity contribution >= 4 is 23.8 Å². The molecule has 1 heterocycles. The van der Waals surface area contributed by atoms with Crippen molar-refractivity contribution in [2.45, 2.75) is 12.5 Å². The van der Waals surface area contributed by atoms with Crippen LogP contribution in [-0.2, 0) is 0 Å². The Kier molecular flexibility index (Phi) is 3.10. The third-order valence-electron chi connectivity index (χ3n) is 2.51. The largest absolute Gasteiger partial charge is 0.340 e. The zero-order valence-corrected chi connectivity index (χ0v) is 9.61. The zero-order chi connectivity index (χ0) is 11.5. The van der Waals surface area contributed by atoms with Gasteiger partial charge in [-0.15, -0.1) is 0 Å². The molecule has 1 unspecified atom stereocenters. The van der Waals surface area contributed by atoms with E-state index in [2.05, 4.69) is 10.4 Å². The predicted molar refractivity (Wildman–Crippen MR) is 63.6 cm³/mol. The van der Waals surface area contributed by atoms with Crippen LogP contribution in [0.15, 0.2) is 29.4 Å². The fourth-order valence-electron chi connectivity index (χ4n) is 1.69. The molecule has 2 rings (SSSR count). The van der Waals surface area contributed by atoms with Gasteiger partial charge in [0.1, 0.15) is 0 Å². The van der Waals surface area contributed by atoms with E-state index in [0.29, 0.717) is 5.02 Å². The summed E-state index contributed by atoms with van der Waals surface area (Å²) >= 11 is 5.82. The molecule has 84 valence electrons. The number of rotatable bonds is 1. The maximum absolute atomic E-state index is 11.5. The summed E-state index contributed by atoms with van der Waals surface area (Å²) in [5.74, 6) is 0. The van der Waals surface area contributed by atoms with Crippen LogP contribution in [0.3, 0.4) is 0 Å². The van der Waals surface area contributed by atoms with Gasteiger partial charge in [-0.3, -0.25) is 0 Å². The molecule has 1 aromatic rings. The molecule has 16 heavy (non-hydrogen) atoms. The molecule has 1 aliphatic heterocycles. The number of carbonyl (C=O) groups is 1. The number of benzene rings is 1. The van der Waals surface area contributed by atoms with Crippen molar-refractivity contribution in [3.63, 3.8) is 0 Å². The standard InChI is InChI=1S/C11H12ClN3O/c1-13-11(16)15-10(6-7-14-15)8-2-4-9(12)5-3-8/h2-5,7,10H,6H2,1H3,(H,13,16). The van der Waals surface area contributed by atoms with E-state index >= 15 is 0 Å². The van der Waals surface area contributed by atoms with E-state index in [-0.39, 0.29) is 12.1 Å². The Bertz CT molecular complexity index is 416. The van der Waals surface area contributed by atoms with Crippen LogP contribution in [0.25, 0.3) is 0 Å². The van der Waals surface area contributed by atoms with Crippen molar-refractivity contribution in [1.82, 2.24) is 10.3 Å². The minimum Gasteiger partial charge on any atom is -0.340 e. The van der Waals surface area contributed by atoms with Crippen molar-refractivity contribution in [2.24, 2.45) is 5.10 Å². The van der Waals surface area contributed by atoms with Gasteiger partial charge in [0.05, 0.1) is 6.04 Å². The van der Waals surface area contributed by atoms with Crippen molar-refractivity contribution < 1.29 is 4.79 Å². The van der Waals surface area contributed by atoms with Crippen molar-refractivity contribution in [1.29, 1.82) is 0 Å². The normalized spacial score (nSPS) is 18.9. The summed E-state index contributed by atoms with van der Waals surface area (Å²) in [6.07, 6.45) is 2.48. The van der Waals surface area contributed by atoms with Crippen LogP contribution in [0.2, 0.25) is 5.02 Å². The Morgan fingerprint density at radius 2 is 2.19 bits per heavy atom. The van der Waals surface area contributed by atoms with Crippen molar-refractivity contribution in [3.05, 3.63) is 34.9 Å². The van der Waals surface area contributed by atoms with E-state index in [1.807, 2.05) is 24.3 Å². The lowest BCUT2D eigenvalue weighted by molar-refractivity contribution is 0.188. The number of urea groups is 1. The molecule has 0 fully saturated rings. The summed E-state index contributed by atoms with van der Waals surface area (Å²) in [4.78, 5) is 11.5. The second-order valence-corrected chi connectivity index (χ2v) is 3.94. The second kappa shape index (κ2) is 4.53. The monoisotopic (exact) mass is 237 g/mol. The number of nitrogens with zero attached hydrogens (tertiary/aromatic N) is 2. The number of hydrazone groups is 1. The topological polar surface area (TPSA) is 44.7 Å². The van der Waals surface area contributed by atoms with E-state index in [4.69, 9.17) is 11.6 Å². The third-order valence-corrected chi connectivity index (χ3v) is 2.76. The summed E-state index contributed by atoms with van der Waals surface area (Å²) in [6, 6.07) is 7.23. The molecule has 0 aromatic heterocycles. The van der Waals surface area contributed by atoms with Crippen LogP contribution >= 0.6 is 11.6 Å². The predicted octanol–water partition coefficient (Wildman–Crippen LogP) is 2.41. The summed E-state index contributed by atoms with van der Waals surface area (Å²) in [5, 5.41) is 8.75. The minimum atomic E-state index is -0.200. The lowest BCUT2D eigenvalue weighted by atomic mass is 10.1. The first-order valence-corrected chi connectivity index (χ1v) is 5.39. The van der Waals surface area contributed by atoms with E-state index in [1.54, 1.807) is 13.3 Å². The Balaban J connectivity index is 2.21. The summed E-state index contributed by atoms with van der Waals surface area (Å²) in [5.41, 5.74) is 1.03. The summed E-state index contributed by atoms with van der Waals surface area (Å²) in [6.45, 7) is 0. The molecule has 1 aliphatic rings. The van der Waals surface area contributed by atoms with Gasteiger partial charge in [-0.2, -0.15) is 5.10 Å². The van der Waals surface area contributed by atoms with E-state index < -0.39 is 0 Å². The molecule has 1 N–H and O–H groups in total. The molecule has 1 atom stereocenters. The number of amides is 2. The zero-order valence-electron chi connectivity index (χ0n) is 8.85. The molecule has 5 heteroatoms. The highest BCUT2D eigenvalue weighted by Crippen LogP contribution is 2.28. The molecular formula is C11H12ClN3O. The average Bonchev–Trinajstić information content (AvgIpc) is 2.78. The van der Waals surface area contributed by atoms with E-state index in [0.717, 1.165) is 12.0 Å². The minimum absolute atomic E-state index is 0.0304. The molecular weight excluding hydrogens is 226 g/mol. The van der Waals surface area contributed by atoms with Gasteiger partial charge in [-0.25, -0.2) is 9.80 Å². The average molecular weight is 238 g/mol. The van der Waals surface area contributed by atoms with Gasteiger partial charge in [0, 0.05) is 24.7 Å². The fraction of sp³-hybridized carbons (Fsp3) is 0.273. The lowest BCUT2D eigenvalue weighted by Crippen LogP contribution is -2.34. The van der Waals surface area contributed by atoms with Crippen LogP contribution in [0.1, 0.15) is 18.0 Å². The number of carbonyl (C=O) groups excluding carboxylic acids is 1. The van der Waals surface area contributed by atoms with Crippen LogP contribution in [0.5, 0.6) is 0 Å². The van der Waals surface area contributed by atoms with E-state index in [1.165, 1.54) is 5.01 Å². The highest BCUT2D eigenvalue weighted by Gasteiger charge is 2.27. The smallest absolute Gasteiger partial charge is 0.338 e. The first kappa shape index (κ1) is 11.0. The van der Waals surface area contributed by atoms with Crippen molar-refractivity contribution in [2.75, 3.05) is 7.05 Å². The second-order valence-electron chi connectivity index (χ2n) is 3.50. The molecule has 0 aliphatic carbocycles. The van der Waals surface area contributed by atoms with Crippen LogP contribution in [-0.4, -0.2) is 24.3 Å². The van der Waals surface area contributed by atoms with Gasteiger partial charge in [-0.1, -0.05) is 23.7 Å². The highest BCUT2D eigenvalue weighted by molar-refractivity contribution is 6.30. The highest BCUT2D eigenvalue weighted by atomic mass is 35.5. The van der Waals surface area contributed by atoms with E-state index in [9.17, 15) is 4.79 Å². The molecule has 0 spiro atoms. The summed E-state index contributed by atoms with van der Waals surface area (Å²) < 4.78 is 0. The number of hydrogen-bond acceptors (Lipinski definition) is 2. The number of hydrogen-bond donors (Lipinski definition) is 1. The Morgan fingerprint density at radius 3 is 2.81 bits per heavy atom. The quantitative estimate of drug-likeness (QED) is 0.801. The molecule has 4 nitrogen and oxygen atoms in total. The molecule has 0 saturated heterocycles. The summed E-state index contributed by atoms with van der Waals surface area (Å²) in [7, 11) is 1.59. The van der Waals surface area contributed by atoms with Gasteiger partial charge in [0.25, 0.3) is 0 Å². The Hall–Kier alpha value is -1.55.